The molecule has 1 fully saturated rings. The van der Waals surface area contributed by atoms with Crippen LogP contribution >= 0.6 is 15.9 Å². The molecule has 0 radical (unpaired) electrons. The lowest BCUT2D eigenvalue weighted by molar-refractivity contribution is 0.251. The van der Waals surface area contributed by atoms with E-state index in [9.17, 15) is 4.39 Å². The summed E-state index contributed by atoms with van der Waals surface area (Å²) in [7, 11) is 0. The third kappa shape index (κ3) is 7.05. The van der Waals surface area contributed by atoms with E-state index in [0.29, 0.717) is 0 Å². The molecule has 1 atom stereocenters. The van der Waals surface area contributed by atoms with Gasteiger partial charge in [-0.3, -0.25) is 4.90 Å². The quantitative estimate of drug-likeness (QED) is 0.307. The molecule has 2 heterocycles. The van der Waals surface area contributed by atoms with Crippen molar-refractivity contribution in [2.45, 2.75) is 45.1 Å². The SMILES string of the molecule is C=CCN1CCCCC1.Cc1ccc2c(c1)CCN(c1ccc(F)cc1)C2Cc1ccc(Br)cc1. The summed E-state index contributed by atoms with van der Waals surface area (Å²) in [5.41, 5.74) is 6.51. The molecule has 0 spiro atoms. The summed E-state index contributed by atoms with van der Waals surface area (Å²) < 4.78 is 14.5. The smallest absolute Gasteiger partial charge is 0.123 e. The fourth-order valence-electron chi connectivity index (χ4n) is 5.17. The maximum absolute atomic E-state index is 13.4. The first-order valence-corrected chi connectivity index (χ1v) is 13.5. The molecule has 3 aromatic carbocycles. The van der Waals surface area contributed by atoms with Crippen LogP contribution in [0.3, 0.4) is 0 Å². The first-order chi connectivity index (χ1) is 17.0. The highest BCUT2D eigenvalue weighted by Gasteiger charge is 2.28. The van der Waals surface area contributed by atoms with Crippen LogP contribution in [0.15, 0.2) is 83.9 Å². The Morgan fingerprint density at radius 1 is 0.943 bits per heavy atom. The molecule has 0 aliphatic carbocycles. The van der Waals surface area contributed by atoms with Crippen LogP contribution in [0.1, 0.15) is 47.6 Å². The van der Waals surface area contributed by atoms with Gasteiger partial charge in [-0.1, -0.05) is 64.3 Å². The average molecular weight is 536 g/mol. The monoisotopic (exact) mass is 534 g/mol. The van der Waals surface area contributed by atoms with Gasteiger partial charge in [-0.25, -0.2) is 4.39 Å². The number of hydrogen-bond donors (Lipinski definition) is 0. The van der Waals surface area contributed by atoms with Crippen molar-refractivity contribution in [3.05, 3.63) is 112 Å². The summed E-state index contributed by atoms with van der Waals surface area (Å²) in [5, 5.41) is 0. The first-order valence-electron chi connectivity index (χ1n) is 12.7. The van der Waals surface area contributed by atoms with Gasteiger partial charge in [-0.05, 0) is 98.8 Å². The van der Waals surface area contributed by atoms with E-state index in [1.807, 2.05) is 18.2 Å². The lowest BCUT2D eigenvalue weighted by Crippen LogP contribution is -2.36. The highest BCUT2D eigenvalue weighted by Crippen LogP contribution is 2.36. The van der Waals surface area contributed by atoms with Gasteiger partial charge < -0.3 is 4.90 Å². The Morgan fingerprint density at radius 3 is 2.34 bits per heavy atom. The molecule has 184 valence electrons. The second-order valence-electron chi connectivity index (χ2n) is 9.62. The highest BCUT2D eigenvalue weighted by atomic mass is 79.9. The number of fused-ring (bicyclic) bond motifs is 1. The Morgan fingerprint density at radius 2 is 1.66 bits per heavy atom. The van der Waals surface area contributed by atoms with Crippen LogP contribution in [0, 0.1) is 12.7 Å². The predicted octanol–water partition coefficient (Wildman–Crippen LogP) is 7.90. The highest BCUT2D eigenvalue weighted by molar-refractivity contribution is 9.10. The molecule has 5 rings (SSSR count). The molecule has 0 saturated carbocycles. The topological polar surface area (TPSA) is 6.48 Å². The molecule has 0 amide bonds. The van der Waals surface area contributed by atoms with Crippen molar-refractivity contribution in [3.63, 3.8) is 0 Å². The maximum Gasteiger partial charge on any atom is 0.123 e. The zero-order valence-corrected chi connectivity index (χ0v) is 22.3. The van der Waals surface area contributed by atoms with Crippen LogP contribution in [-0.4, -0.2) is 31.1 Å². The minimum absolute atomic E-state index is 0.189. The molecular weight excluding hydrogens is 499 g/mol. The molecule has 3 aromatic rings. The Hall–Kier alpha value is -2.43. The third-order valence-corrected chi connectivity index (χ3v) is 7.52. The summed E-state index contributed by atoms with van der Waals surface area (Å²) >= 11 is 3.51. The van der Waals surface area contributed by atoms with Gasteiger partial charge in [0.05, 0.1) is 6.04 Å². The molecule has 2 aliphatic heterocycles. The zero-order chi connectivity index (χ0) is 24.6. The lowest BCUT2D eigenvalue weighted by Gasteiger charge is -2.39. The Balaban J connectivity index is 0.000000271. The normalized spacial score (nSPS) is 17.8. The van der Waals surface area contributed by atoms with Crippen molar-refractivity contribution in [1.82, 2.24) is 4.90 Å². The molecule has 1 saturated heterocycles. The number of benzene rings is 3. The summed E-state index contributed by atoms with van der Waals surface area (Å²) in [6, 6.07) is 22.5. The average Bonchev–Trinajstić information content (AvgIpc) is 2.87. The van der Waals surface area contributed by atoms with Crippen molar-refractivity contribution in [3.8, 4) is 0 Å². The molecule has 1 unspecified atom stereocenters. The second kappa shape index (κ2) is 12.5. The van der Waals surface area contributed by atoms with Gasteiger partial charge in [0.25, 0.3) is 0 Å². The van der Waals surface area contributed by atoms with E-state index in [4.69, 9.17) is 0 Å². The van der Waals surface area contributed by atoms with Gasteiger partial charge in [-0.2, -0.15) is 0 Å². The van der Waals surface area contributed by atoms with Crippen molar-refractivity contribution >= 4 is 21.6 Å². The van der Waals surface area contributed by atoms with Crippen LogP contribution in [0.5, 0.6) is 0 Å². The zero-order valence-electron chi connectivity index (χ0n) is 20.7. The minimum atomic E-state index is -0.189. The van der Waals surface area contributed by atoms with Crippen molar-refractivity contribution in [2.24, 2.45) is 0 Å². The van der Waals surface area contributed by atoms with E-state index in [1.165, 1.54) is 54.6 Å². The van der Waals surface area contributed by atoms with Crippen LogP contribution in [0.2, 0.25) is 0 Å². The molecule has 0 bridgehead atoms. The summed E-state index contributed by atoms with van der Waals surface area (Å²) in [6.45, 7) is 10.5. The standard InChI is InChI=1S/C23H21BrFN.C8H15N/c1-16-2-11-22-18(14-16)12-13-26(21-9-7-20(25)8-10-21)23(22)15-17-3-5-19(24)6-4-17;1-2-6-9-7-4-3-5-8-9/h2-11,14,23H,12-13,15H2,1H3;2H,1,3-8H2. The van der Waals surface area contributed by atoms with Gasteiger partial charge in [0.1, 0.15) is 5.82 Å². The summed E-state index contributed by atoms with van der Waals surface area (Å²) in [4.78, 5) is 4.87. The molecule has 4 heteroatoms. The molecule has 35 heavy (non-hydrogen) atoms. The van der Waals surface area contributed by atoms with Gasteiger partial charge >= 0.3 is 0 Å². The van der Waals surface area contributed by atoms with Crippen molar-refractivity contribution < 1.29 is 4.39 Å². The third-order valence-electron chi connectivity index (χ3n) is 6.99. The number of hydrogen-bond acceptors (Lipinski definition) is 2. The second-order valence-corrected chi connectivity index (χ2v) is 10.5. The van der Waals surface area contributed by atoms with Crippen LogP contribution in [-0.2, 0) is 12.8 Å². The van der Waals surface area contributed by atoms with Gasteiger partial charge in [-0.15, -0.1) is 6.58 Å². The number of piperidine rings is 1. The number of halogens is 2. The van der Waals surface area contributed by atoms with Gasteiger partial charge in [0.15, 0.2) is 0 Å². The number of anilines is 1. The van der Waals surface area contributed by atoms with E-state index < -0.39 is 0 Å². The fraction of sp³-hybridized carbons (Fsp3) is 0.355. The first kappa shape index (κ1) is 25.7. The van der Waals surface area contributed by atoms with E-state index in [-0.39, 0.29) is 11.9 Å². The number of rotatable bonds is 5. The molecule has 2 aliphatic rings. The van der Waals surface area contributed by atoms with Crippen LogP contribution in [0.4, 0.5) is 10.1 Å². The Labute approximate surface area is 218 Å². The molecule has 0 N–H and O–H groups in total. The van der Waals surface area contributed by atoms with Gasteiger partial charge in [0, 0.05) is 23.2 Å². The van der Waals surface area contributed by atoms with E-state index >= 15 is 0 Å². The number of nitrogens with zero attached hydrogens (tertiary/aromatic N) is 2. The van der Waals surface area contributed by atoms with E-state index in [0.717, 1.165) is 36.1 Å². The Bertz CT molecular complexity index is 1090. The molecule has 2 nitrogen and oxygen atoms in total. The van der Waals surface area contributed by atoms with Crippen molar-refractivity contribution in [1.29, 1.82) is 0 Å². The van der Waals surface area contributed by atoms with Crippen LogP contribution < -0.4 is 4.90 Å². The molecule has 0 aromatic heterocycles. The predicted molar refractivity (Wildman–Crippen MR) is 150 cm³/mol. The Kier molecular flexibility index (Phi) is 9.17. The minimum Gasteiger partial charge on any atom is -0.364 e. The fourth-order valence-corrected chi connectivity index (χ4v) is 5.44. The van der Waals surface area contributed by atoms with Crippen LogP contribution in [0.25, 0.3) is 0 Å². The molecular formula is C31H36BrFN2. The van der Waals surface area contributed by atoms with Crippen molar-refractivity contribution in [2.75, 3.05) is 31.1 Å². The van der Waals surface area contributed by atoms with E-state index in [2.05, 4.69) is 81.7 Å². The van der Waals surface area contributed by atoms with E-state index in [1.54, 1.807) is 12.1 Å². The summed E-state index contributed by atoms with van der Waals surface area (Å²) in [5.74, 6) is -0.189. The van der Waals surface area contributed by atoms with Gasteiger partial charge in [0.2, 0.25) is 0 Å². The number of likely N-dealkylation sites (tertiary alicyclic amines) is 1. The largest absolute Gasteiger partial charge is 0.364 e. The number of aryl methyl sites for hydroxylation is 1. The maximum atomic E-state index is 13.4. The lowest BCUT2D eigenvalue weighted by atomic mass is 9.87. The summed E-state index contributed by atoms with van der Waals surface area (Å²) in [6.07, 6.45) is 8.13.